The van der Waals surface area contributed by atoms with Crippen LogP contribution < -0.4 is 15.1 Å². The number of thioether (sulfide) groups is 1. The average Bonchev–Trinajstić information content (AvgIpc) is 3.39. The number of carbonyl (C=O) groups is 3. The zero-order valence-electron chi connectivity index (χ0n) is 22.2. The van der Waals surface area contributed by atoms with Crippen LogP contribution in [-0.4, -0.2) is 27.5 Å². The maximum absolute atomic E-state index is 13.9. The normalized spacial score (nSPS) is 19.7. The number of thiazole rings is 1. The summed E-state index contributed by atoms with van der Waals surface area (Å²) < 4.78 is 55.5. The lowest BCUT2D eigenvalue weighted by molar-refractivity contribution is -0.137. The van der Waals surface area contributed by atoms with Gasteiger partial charge in [-0.05, 0) is 60.5 Å². The molecule has 4 aromatic rings. The number of anilines is 2. The van der Waals surface area contributed by atoms with Crippen molar-refractivity contribution in [2.24, 2.45) is 5.92 Å². The zero-order valence-corrected chi connectivity index (χ0v) is 23.9. The van der Waals surface area contributed by atoms with E-state index >= 15 is 0 Å². The quantitative estimate of drug-likeness (QED) is 0.223. The van der Waals surface area contributed by atoms with Crippen molar-refractivity contribution in [1.82, 2.24) is 4.57 Å². The minimum atomic E-state index is -4.70. The summed E-state index contributed by atoms with van der Waals surface area (Å²) in [5, 5.41) is 1.94. The number of benzene rings is 3. The molecule has 3 heterocycles. The number of aromatic nitrogens is 1. The molecule has 43 heavy (non-hydrogen) atoms. The minimum Gasteiger partial charge on any atom is -0.325 e. The van der Waals surface area contributed by atoms with Gasteiger partial charge in [0.2, 0.25) is 17.7 Å². The second-order valence-electron chi connectivity index (χ2n) is 10.2. The monoisotopic (exact) mass is 627 g/mol. The SMILES string of the molecule is Cc1cccc(NC(=O)Cn2c3c(sc2=O)[C@H](c2ccc(F)cc2)C2C(=O)N(c4cccc(C(F)(F)F)c4)C(=O)C2S3)c1. The van der Waals surface area contributed by atoms with Gasteiger partial charge in [0.15, 0.2) is 0 Å². The molecule has 1 aromatic heterocycles. The lowest BCUT2D eigenvalue weighted by Crippen LogP contribution is -2.33. The van der Waals surface area contributed by atoms with E-state index in [1.54, 1.807) is 18.2 Å². The van der Waals surface area contributed by atoms with Crippen LogP contribution in [0.4, 0.5) is 28.9 Å². The summed E-state index contributed by atoms with van der Waals surface area (Å²) in [6.45, 7) is 1.49. The third-order valence-corrected chi connectivity index (χ3v) is 9.92. The molecule has 1 N–H and O–H groups in total. The molecule has 2 unspecified atom stereocenters. The molecule has 0 bridgehead atoms. The van der Waals surface area contributed by atoms with Gasteiger partial charge in [-0.25, -0.2) is 9.29 Å². The number of aryl methyl sites for hydroxylation is 1. The number of hydrogen-bond acceptors (Lipinski definition) is 6. The second-order valence-corrected chi connectivity index (χ2v) is 12.3. The van der Waals surface area contributed by atoms with E-state index in [0.29, 0.717) is 21.2 Å². The molecular weight excluding hydrogens is 606 g/mol. The van der Waals surface area contributed by atoms with Crippen molar-refractivity contribution < 1.29 is 31.9 Å². The molecule has 3 atom stereocenters. The van der Waals surface area contributed by atoms with Gasteiger partial charge in [-0.2, -0.15) is 13.2 Å². The Morgan fingerprint density at radius 1 is 0.953 bits per heavy atom. The highest BCUT2D eigenvalue weighted by atomic mass is 32.2. The number of nitrogens with one attached hydrogen (secondary N) is 1. The Balaban J connectivity index is 1.41. The van der Waals surface area contributed by atoms with Gasteiger partial charge in [-0.1, -0.05) is 53.4 Å². The molecule has 3 aromatic carbocycles. The average molecular weight is 628 g/mol. The highest BCUT2D eigenvalue weighted by Crippen LogP contribution is 2.54. The van der Waals surface area contributed by atoms with Gasteiger partial charge in [0.05, 0.1) is 22.2 Å². The van der Waals surface area contributed by atoms with Crippen molar-refractivity contribution >= 4 is 52.2 Å². The minimum absolute atomic E-state index is 0.226. The van der Waals surface area contributed by atoms with E-state index in [4.69, 9.17) is 0 Å². The Bertz CT molecular complexity index is 1830. The van der Waals surface area contributed by atoms with E-state index < -0.39 is 57.2 Å². The van der Waals surface area contributed by atoms with E-state index in [1.165, 1.54) is 34.9 Å². The number of halogens is 4. The molecule has 0 spiro atoms. The summed E-state index contributed by atoms with van der Waals surface area (Å²) in [6, 6.07) is 16.3. The van der Waals surface area contributed by atoms with Crippen LogP contribution in [0.25, 0.3) is 0 Å². The first kappa shape index (κ1) is 28.9. The van der Waals surface area contributed by atoms with E-state index in [-0.39, 0.29) is 12.2 Å². The predicted octanol–water partition coefficient (Wildman–Crippen LogP) is 5.81. The molecule has 1 fully saturated rings. The molecular formula is C30H21F4N3O4S2. The topological polar surface area (TPSA) is 88.5 Å². The van der Waals surface area contributed by atoms with E-state index in [9.17, 15) is 36.7 Å². The number of fused-ring (bicyclic) bond motifs is 2. The van der Waals surface area contributed by atoms with Gasteiger partial charge < -0.3 is 5.32 Å². The molecule has 220 valence electrons. The van der Waals surface area contributed by atoms with Crippen LogP contribution in [0.3, 0.4) is 0 Å². The molecule has 0 radical (unpaired) electrons. The maximum Gasteiger partial charge on any atom is 0.416 e. The maximum atomic E-state index is 13.9. The molecule has 1 saturated heterocycles. The van der Waals surface area contributed by atoms with Gasteiger partial charge >= 0.3 is 11.0 Å². The second kappa shape index (κ2) is 10.8. The van der Waals surface area contributed by atoms with Crippen molar-refractivity contribution in [1.29, 1.82) is 0 Å². The summed E-state index contributed by atoms with van der Waals surface area (Å²) in [7, 11) is 0. The number of amides is 3. The lowest BCUT2D eigenvalue weighted by atomic mass is 9.83. The first-order chi connectivity index (χ1) is 20.4. The molecule has 13 heteroatoms. The summed E-state index contributed by atoms with van der Waals surface area (Å²) in [6.07, 6.45) is -4.70. The number of rotatable bonds is 5. The van der Waals surface area contributed by atoms with Crippen molar-refractivity contribution in [3.63, 3.8) is 0 Å². The molecule has 6 rings (SSSR count). The standard InChI is InChI=1S/C30H21F4N3O4S2/c1-15-4-2-6-19(12-15)35-21(38)14-36-28-25(43-29(36)41)22(16-8-10-18(31)11-9-16)23-24(42-28)27(40)37(26(23)39)20-7-3-5-17(13-20)30(32,33)34/h2-13,22-24H,14H2,1H3,(H,35,38)/t22-,23?,24?/m1/s1. The number of nitrogens with zero attached hydrogens (tertiary/aromatic N) is 2. The van der Waals surface area contributed by atoms with Crippen LogP contribution in [0.15, 0.2) is 82.6 Å². The zero-order chi connectivity index (χ0) is 30.6. The fourth-order valence-corrected chi connectivity index (χ4v) is 8.20. The number of hydrogen-bond donors (Lipinski definition) is 1. The molecule has 0 saturated carbocycles. The Hall–Kier alpha value is -4.23. The molecule has 3 amide bonds. The summed E-state index contributed by atoms with van der Waals surface area (Å²) in [5.41, 5.74) is 0.656. The Labute approximate surface area is 250 Å². The van der Waals surface area contributed by atoms with Crippen LogP contribution in [0.2, 0.25) is 0 Å². The molecule has 7 nitrogen and oxygen atoms in total. The van der Waals surface area contributed by atoms with Gasteiger partial charge in [0, 0.05) is 16.5 Å². The van der Waals surface area contributed by atoms with Crippen LogP contribution in [-0.2, 0) is 27.1 Å². The van der Waals surface area contributed by atoms with Crippen molar-refractivity contribution in [2.75, 3.05) is 10.2 Å². The Morgan fingerprint density at radius 3 is 2.37 bits per heavy atom. The van der Waals surface area contributed by atoms with E-state index in [1.807, 2.05) is 13.0 Å². The molecule has 2 aliphatic rings. The highest BCUT2D eigenvalue weighted by Gasteiger charge is 2.57. The van der Waals surface area contributed by atoms with E-state index in [0.717, 1.165) is 51.8 Å². The fourth-order valence-electron chi connectivity index (χ4n) is 5.43. The summed E-state index contributed by atoms with van der Waals surface area (Å²) in [4.78, 5) is 54.5. The largest absolute Gasteiger partial charge is 0.416 e. The number of carbonyl (C=O) groups excluding carboxylic acids is 3. The number of alkyl halides is 3. The van der Waals surface area contributed by atoms with Crippen LogP contribution in [0, 0.1) is 18.7 Å². The molecule has 2 aliphatic heterocycles. The van der Waals surface area contributed by atoms with Gasteiger partial charge in [0.25, 0.3) is 0 Å². The Kier molecular flexibility index (Phi) is 7.25. The summed E-state index contributed by atoms with van der Waals surface area (Å²) >= 11 is 1.74. The van der Waals surface area contributed by atoms with E-state index in [2.05, 4.69) is 5.32 Å². The third kappa shape index (κ3) is 5.27. The summed E-state index contributed by atoms with van der Waals surface area (Å²) in [5.74, 6) is -4.47. The molecule has 0 aliphatic carbocycles. The van der Waals surface area contributed by atoms with Gasteiger partial charge in [0.1, 0.15) is 17.6 Å². The predicted molar refractivity (Wildman–Crippen MR) is 154 cm³/mol. The van der Waals surface area contributed by atoms with Crippen molar-refractivity contribution in [3.05, 3.63) is 110 Å². The number of imide groups is 1. The van der Waals surface area contributed by atoms with Gasteiger partial charge in [-0.15, -0.1) is 0 Å². The van der Waals surface area contributed by atoms with Crippen LogP contribution in [0.5, 0.6) is 0 Å². The third-order valence-electron chi connectivity index (χ3n) is 7.31. The smallest absolute Gasteiger partial charge is 0.325 e. The van der Waals surface area contributed by atoms with Gasteiger partial charge in [-0.3, -0.25) is 23.7 Å². The Morgan fingerprint density at radius 2 is 1.67 bits per heavy atom. The first-order valence-electron chi connectivity index (χ1n) is 13.0. The van der Waals surface area contributed by atoms with Crippen molar-refractivity contribution in [3.8, 4) is 0 Å². The highest BCUT2D eigenvalue weighted by molar-refractivity contribution is 8.00. The van der Waals surface area contributed by atoms with Crippen LogP contribution in [0.1, 0.15) is 27.5 Å². The van der Waals surface area contributed by atoms with Crippen LogP contribution >= 0.6 is 23.1 Å². The lowest BCUT2D eigenvalue weighted by Gasteiger charge is -2.30. The fraction of sp³-hybridized carbons (Fsp3) is 0.200. The van der Waals surface area contributed by atoms with Crippen molar-refractivity contribution in [2.45, 2.75) is 35.8 Å². The first-order valence-corrected chi connectivity index (χ1v) is 14.7.